The Hall–Kier alpha value is -1.33. The van der Waals surface area contributed by atoms with Gasteiger partial charge < -0.3 is 14.4 Å². The van der Waals surface area contributed by atoms with Gasteiger partial charge in [-0.15, -0.1) is 0 Å². The lowest BCUT2D eigenvalue weighted by atomic mass is 10.2. The molecule has 0 saturated carbocycles. The van der Waals surface area contributed by atoms with E-state index in [1.807, 2.05) is 0 Å². The van der Waals surface area contributed by atoms with Crippen LogP contribution in [0.1, 0.15) is 28.8 Å². The highest BCUT2D eigenvalue weighted by Crippen LogP contribution is 2.18. The summed E-state index contributed by atoms with van der Waals surface area (Å²) in [7, 11) is 2.12. The van der Waals surface area contributed by atoms with Crippen molar-refractivity contribution in [1.29, 1.82) is 0 Å². The second-order valence-corrected chi connectivity index (χ2v) is 5.07. The minimum absolute atomic E-state index is 0.270. The van der Waals surface area contributed by atoms with Gasteiger partial charge in [-0.2, -0.15) is 0 Å². The lowest BCUT2D eigenvalue weighted by molar-refractivity contribution is 0.0695. The zero-order valence-corrected chi connectivity index (χ0v) is 11.1. The van der Waals surface area contributed by atoms with Crippen LogP contribution in [-0.2, 0) is 6.54 Å². The van der Waals surface area contributed by atoms with E-state index in [4.69, 9.17) is 9.52 Å². The van der Waals surface area contributed by atoms with Gasteiger partial charge >= 0.3 is 5.97 Å². The van der Waals surface area contributed by atoms with Crippen molar-refractivity contribution in [3.05, 3.63) is 23.2 Å². The molecule has 1 atom stereocenters. The van der Waals surface area contributed by atoms with Crippen molar-refractivity contribution in [2.45, 2.75) is 26.4 Å². The van der Waals surface area contributed by atoms with E-state index >= 15 is 0 Å². The Kier molecular flexibility index (Phi) is 3.73. The third kappa shape index (κ3) is 2.73. The van der Waals surface area contributed by atoms with Crippen molar-refractivity contribution >= 4 is 5.97 Å². The van der Waals surface area contributed by atoms with E-state index in [1.165, 1.54) is 0 Å². The van der Waals surface area contributed by atoms with E-state index in [-0.39, 0.29) is 5.56 Å². The molecule has 1 saturated heterocycles. The van der Waals surface area contributed by atoms with Gasteiger partial charge in [0.1, 0.15) is 17.1 Å². The van der Waals surface area contributed by atoms with Gasteiger partial charge in [-0.05, 0) is 27.0 Å². The quantitative estimate of drug-likeness (QED) is 0.881. The molecule has 1 fully saturated rings. The number of aryl methyl sites for hydroxylation is 1. The van der Waals surface area contributed by atoms with Gasteiger partial charge in [0.2, 0.25) is 0 Å². The summed E-state index contributed by atoms with van der Waals surface area (Å²) in [4.78, 5) is 15.6. The Labute approximate surface area is 107 Å². The molecule has 1 unspecified atom stereocenters. The van der Waals surface area contributed by atoms with Gasteiger partial charge in [-0.25, -0.2) is 4.79 Å². The molecule has 100 valence electrons. The molecule has 1 aromatic heterocycles. The maximum Gasteiger partial charge on any atom is 0.339 e. The van der Waals surface area contributed by atoms with Crippen LogP contribution in [0.4, 0.5) is 0 Å². The average Bonchev–Trinajstić information content (AvgIpc) is 2.64. The molecule has 0 radical (unpaired) electrons. The van der Waals surface area contributed by atoms with E-state index in [0.29, 0.717) is 18.3 Å². The van der Waals surface area contributed by atoms with E-state index < -0.39 is 5.97 Å². The summed E-state index contributed by atoms with van der Waals surface area (Å²) in [5.41, 5.74) is 0.270. The Balaban J connectivity index is 2.05. The highest BCUT2D eigenvalue weighted by atomic mass is 16.4. The van der Waals surface area contributed by atoms with Crippen LogP contribution in [0.5, 0.6) is 0 Å². The number of hydrogen-bond acceptors (Lipinski definition) is 4. The second-order valence-electron chi connectivity index (χ2n) is 5.07. The molecule has 18 heavy (non-hydrogen) atoms. The first-order chi connectivity index (χ1) is 8.47. The molecule has 0 aromatic carbocycles. The second kappa shape index (κ2) is 5.12. The molecular weight excluding hydrogens is 232 g/mol. The summed E-state index contributed by atoms with van der Waals surface area (Å²) in [6, 6.07) is 2.10. The Bertz CT molecular complexity index is 441. The molecule has 5 nitrogen and oxygen atoms in total. The summed E-state index contributed by atoms with van der Waals surface area (Å²) in [6.45, 7) is 7.62. The zero-order valence-electron chi connectivity index (χ0n) is 11.1. The maximum absolute atomic E-state index is 11.0. The number of carboxylic acids is 1. The standard InChI is InChI=1S/C13H20N2O3/c1-9-7-14(3)4-5-15(9)8-11-6-12(13(16)17)10(2)18-11/h6,9H,4-5,7-8H2,1-3H3,(H,16,17). The summed E-state index contributed by atoms with van der Waals surface area (Å²) in [6.07, 6.45) is 0. The SMILES string of the molecule is Cc1oc(CN2CCN(C)CC2C)cc1C(=O)O. The summed E-state index contributed by atoms with van der Waals surface area (Å²) >= 11 is 0. The van der Waals surface area contributed by atoms with E-state index in [9.17, 15) is 4.79 Å². The number of piperazine rings is 1. The highest BCUT2D eigenvalue weighted by molar-refractivity contribution is 5.88. The summed E-state index contributed by atoms with van der Waals surface area (Å²) in [5.74, 6) is 0.300. The van der Waals surface area contributed by atoms with Crippen molar-refractivity contribution in [1.82, 2.24) is 9.80 Å². The molecule has 0 amide bonds. The molecule has 0 bridgehead atoms. The van der Waals surface area contributed by atoms with Crippen molar-refractivity contribution in [3.8, 4) is 0 Å². The third-order valence-corrected chi connectivity index (χ3v) is 3.53. The van der Waals surface area contributed by atoms with Crippen LogP contribution in [0.25, 0.3) is 0 Å². The number of nitrogens with zero attached hydrogens (tertiary/aromatic N) is 2. The fraction of sp³-hybridized carbons (Fsp3) is 0.615. The van der Waals surface area contributed by atoms with Gasteiger partial charge in [0.25, 0.3) is 0 Å². The number of likely N-dealkylation sites (N-methyl/N-ethyl adjacent to an activating group) is 1. The van der Waals surface area contributed by atoms with Crippen LogP contribution in [0.3, 0.4) is 0 Å². The summed E-state index contributed by atoms with van der Waals surface area (Å²) in [5, 5.41) is 8.99. The van der Waals surface area contributed by atoms with Gasteiger partial charge in [-0.1, -0.05) is 0 Å². The lowest BCUT2D eigenvalue weighted by Crippen LogP contribution is -2.49. The smallest absolute Gasteiger partial charge is 0.339 e. The van der Waals surface area contributed by atoms with Gasteiger partial charge in [0.05, 0.1) is 6.54 Å². The number of rotatable bonds is 3. The number of carboxylic acid groups (broad SMARTS) is 1. The van der Waals surface area contributed by atoms with Crippen LogP contribution >= 0.6 is 0 Å². The van der Waals surface area contributed by atoms with Crippen LogP contribution in [-0.4, -0.2) is 53.6 Å². The molecule has 0 spiro atoms. The number of hydrogen-bond donors (Lipinski definition) is 1. The number of aromatic carboxylic acids is 1. The predicted octanol–water partition coefficient (Wildman–Crippen LogP) is 1.42. The van der Waals surface area contributed by atoms with Crippen molar-refractivity contribution < 1.29 is 14.3 Å². The van der Waals surface area contributed by atoms with Crippen molar-refractivity contribution in [2.75, 3.05) is 26.7 Å². The molecule has 0 aliphatic carbocycles. The van der Waals surface area contributed by atoms with Crippen LogP contribution < -0.4 is 0 Å². The predicted molar refractivity (Wildman–Crippen MR) is 67.8 cm³/mol. The lowest BCUT2D eigenvalue weighted by Gasteiger charge is -2.37. The molecule has 5 heteroatoms. The number of carbonyl (C=O) groups is 1. The monoisotopic (exact) mass is 252 g/mol. The number of furan rings is 1. The first-order valence-corrected chi connectivity index (χ1v) is 6.22. The van der Waals surface area contributed by atoms with E-state index in [0.717, 1.165) is 25.4 Å². The van der Waals surface area contributed by atoms with Gasteiger partial charge in [0, 0.05) is 25.7 Å². The molecule has 1 N–H and O–H groups in total. The van der Waals surface area contributed by atoms with E-state index in [2.05, 4.69) is 23.8 Å². The normalized spacial score (nSPS) is 22.3. The van der Waals surface area contributed by atoms with Crippen molar-refractivity contribution in [3.63, 3.8) is 0 Å². The first-order valence-electron chi connectivity index (χ1n) is 6.22. The largest absolute Gasteiger partial charge is 0.478 e. The van der Waals surface area contributed by atoms with Gasteiger partial charge in [0.15, 0.2) is 0 Å². The van der Waals surface area contributed by atoms with Crippen LogP contribution in [0.2, 0.25) is 0 Å². The molecule has 1 aliphatic rings. The summed E-state index contributed by atoms with van der Waals surface area (Å²) < 4.78 is 5.52. The first kappa shape index (κ1) is 13.1. The molecule has 2 heterocycles. The highest BCUT2D eigenvalue weighted by Gasteiger charge is 2.23. The van der Waals surface area contributed by atoms with Crippen molar-refractivity contribution in [2.24, 2.45) is 0 Å². The van der Waals surface area contributed by atoms with Gasteiger partial charge in [-0.3, -0.25) is 4.90 Å². The fourth-order valence-corrected chi connectivity index (χ4v) is 2.45. The Morgan fingerprint density at radius 2 is 2.28 bits per heavy atom. The average molecular weight is 252 g/mol. The Morgan fingerprint density at radius 1 is 1.56 bits per heavy atom. The van der Waals surface area contributed by atoms with Crippen LogP contribution in [0.15, 0.2) is 10.5 Å². The minimum atomic E-state index is -0.922. The third-order valence-electron chi connectivity index (χ3n) is 3.53. The fourth-order valence-electron chi connectivity index (χ4n) is 2.45. The maximum atomic E-state index is 11.0. The molecule has 2 rings (SSSR count). The minimum Gasteiger partial charge on any atom is -0.478 e. The van der Waals surface area contributed by atoms with Crippen LogP contribution in [0, 0.1) is 6.92 Å². The molecule has 1 aromatic rings. The Morgan fingerprint density at radius 3 is 2.83 bits per heavy atom. The topological polar surface area (TPSA) is 56.9 Å². The molecule has 1 aliphatic heterocycles. The zero-order chi connectivity index (χ0) is 13.3. The molecular formula is C13H20N2O3. The van der Waals surface area contributed by atoms with E-state index in [1.54, 1.807) is 13.0 Å².